The van der Waals surface area contributed by atoms with Crippen LogP contribution in [0.3, 0.4) is 0 Å². The van der Waals surface area contributed by atoms with Gasteiger partial charge in [-0.1, -0.05) is 49.3 Å². The zero-order chi connectivity index (χ0) is 17.2. The van der Waals surface area contributed by atoms with E-state index in [9.17, 15) is 0 Å². The summed E-state index contributed by atoms with van der Waals surface area (Å²) in [5, 5.41) is 4.09. The molecule has 0 unspecified atom stereocenters. The molecule has 25 heavy (non-hydrogen) atoms. The fourth-order valence-electron chi connectivity index (χ4n) is 3.02. The second-order valence-corrected chi connectivity index (χ2v) is 6.69. The Morgan fingerprint density at radius 2 is 2.00 bits per heavy atom. The minimum absolute atomic E-state index is 0.359. The summed E-state index contributed by atoms with van der Waals surface area (Å²) in [6.45, 7) is 6.64. The van der Waals surface area contributed by atoms with Crippen molar-refractivity contribution in [2.24, 2.45) is 0 Å². The predicted molar refractivity (Wildman–Crippen MR) is 93.7 cm³/mol. The van der Waals surface area contributed by atoms with E-state index in [0.29, 0.717) is 24.2 Å². The molecule has 0 bridgehead atoms. The Balaban J connectivity index is 1.45. The van der Waals surface area contributed by atoms with Gasteiger partial charge in [0.15, 0.2) is 0 Å². The normalized spacial score (nSPS) is 14.7. The van der Waals surface area contributed by atoms with E-state index < -0.39 is 0 Å². The van der Waals surface area contributed by atoms with Gasteiger partial charge in [-0.15, -0.1) is 0 Å². The van der Waals surface area contributed by atoms with Gasteiger partial charge in [0, 0.05) is 48.4 Å². The summed E-state index contributed by atoms with van der Waals surface area (Å²) in [6.07, 6.45) is 2.89. The third kappa shape index (κ3) is 3.44. The van der Waals surface area contributed by atoms with Gasteiger partial charge in [0.1, 0.15) is 5.82 Å². The summed E-state index contributed by atoms with van der Waals surface area (Å²) in [4.78, 5) is 16.0. The molecule has 0 saturated carbocycles. The van der Waals surface area contributed by atoms with Crippen molar-refractivity contribution in [1.82, 2.24) is 25.0 Å². The van der Waals surface area contributed by atoms with Crippen molar-refractivity contribution in [3.63, 3.8) is 0 Å². The third-order valence-corrected chi connectivity index (χ3v) is 4.41. The molecule has 3 heterocycles. The van der Waals surface area contributed by atoms with Gasteiger partial charge in [0.25, 0.3) is 0 Å². The van der Waals surface area contributed by atoms with Crippen LogP contribution in [-0.2, 0) is 19.5 Å². The maximum Gasteiger partial charge on any atom is 0.241 e. The molecule has 4 rings (SSSR count). The lowest BCUT2D eigenvalue weighted by atomic mass is 10.1. The second-order valence-electron chi connectivity index (χ2n) is 6.69. The molecule has 3 aromatic rings. The summed E-state index contributed by atoms with van der Waals surface area (Å²) < 4.78 is 5.43. The molecule has 6 heteroatoms. The quantitative estimate of drug-likeness (QED) is 0.729. The van der Waals surface area contributed by atoms with Crippen LogP contribution in [0.1, 0.15) is 42.7 Å². The van der Waals surface area contributed by atoms with Crippen molar-refractivity contribution in [2.45, 2.75) is 39.3 Å². The number of fused-ring (bicyclic) bond motifs is 1. The zero-order valence-electron chi connectivity index (χ0n) is 14.5. The Kier molecular flexibility index (Phi) is 4.28. The minimum atomic E-state index is 0.359. The molecule has 0 aliphatic carbocycles. The first-order valence-corrected chi connectivity index (χ1v) is 8.64. The molecule has 0 fully saturated rings. The molecule has 128 valence electrons. The number of hydrogen-bond donors (Lipinski definition) is 0. The van der Waals surface area contributed by atoms with Crippen molar-refractivity contribution in [3.05, 3.63) is 59.5 Å². The average Bonchev–Trinajstić information content (AvgIpc) is 3.10. The summed E-state index contributed by atoms with van der Waals surface area (Å²) >= 11 is 0. The number of benzene rings is 1. The topological polar surface area (TPSA) is 67.9 Å². The second kappa shape index (κ2) is 6.72. The van der Waals surface area contributed by atoms with Gasteiger partial charge in [-0.25, -0.2) is 9.97 Å². The smallest absolute Gasteiger partial charge is 0.241 e. The van der Waals surface area contributed by atoms with Crippen molar-refractivity contribution >= 4 is 0 Å². The molecule has 6 nitrogen and oxygen atoms in total. The highest BCUT2D eigenvalue weighted by Gasteiger charge is 2.21. The molecule has 2 aromatic heterocycles. The third-order valence-electron chi connectivity index (χ3n) is 4.41. The maximum absolute atomic E-state index is 5.43. The highest BCUT2D eigenvalue weighted by atomic mass is 16.5. The van der Waals surface area contributed by atoms with Gasteiger partial charge in [-0.05, 0) is 0 Å². The van der Waals surface area contributed by atoms with Crippen molar-refractivity contribution < 1.29 is 4.52 Å². The predicted octanol–water partition coefficient (Wildman–Crippen LogP) is 3.21. The fourth-order valence-corrected chi connectivity index (χ4v) is 3.02. The van der Waals surface area contributed by atoms with Crippen LogP contribution in [-0.4, -0.2) is 31.6 Å². The molecular weight excluding hydrogens is 314 g/mol. The lowest BCUT2D eigenvalue weighted by Gasteiger charge is -2.26. The zero-order valence-corrected chi connectivity index (χ0v) is 14.5. The summed E-state index contributed by atoms with van der Waals surface area (Å²) in [7, 11) is 0. The molecule has 0 radical (unpaired) electrons. The van der Waals surface area contributed by atoms with Gasteiger partial charge in [-0.3, -0.25) is 4.90 Å². The SMILES string of the molecule is CC(C)c1ncc2c(n1)CCN(Cc1nc(-c3ccccc3)no1)C2. The summed E-state index contributed by atoms with van der Waals surface area (Å²) in [6, 6.07) is 9.88. The number of nitrogens with zero attached hydrogens (tertiary/aromatic N) is 5. The molecular formula is C19H21N5O. The van der Waals surface area contributed by atoms with Crippen LogP contribution < -0.4 is 0 Å². The number of rotatable bonds is 4. The van der Waals surface area contributed by atoms with Crippen LogP contribution >= 0.6 is 0 Å². The van der Waals surface area contributed by atoms with Gasteiger partial charge < -0.3 is 4.52 Å². The summed E-state index contributed by atoms with van der Waals surface area (Å²) in [5.41, 5.74) is 3.33. The molecule has 0 N–H and O–H groups in total. The van der Waals surface area contributed by atoms with Gasteiger partial charge in [-0.2, -0.15) is 4.98 Å². The van der Waals surface area contributed by atoms with Crippen molar-refractivity contribution in [1.29, 1.82) is 0 Å². The molecule has 0 atom stereocenters. The maximum atomic E-state index is 5.43. The molecule has 0 spiro atoms. The first-order valence-electron chi connectivity index (χ1n) is 8.64. The van der Waals surface area contributed by atoms with Crippen LogP contribution in [0.2, 0.25) is 0 Å². The number of aromatic nitrogens is 4. The Morgan fingerprint density at radius 3 is 2.80 bits per heavy atom. The molecule has 0 saturated heterocycles. The van der Waals surface area contributed by atoms with E-state index in [0.717, 1.165) is 30.9 Å². The molecule has 1 aliphatic heterocycles. The summed E-state index contributed by atoms with van der Waals surface area (Å²) in [5.74, 6) is 2.56. The van der Waals surface area contributed by atoms with E-state index in [1.807, 2.05) is 36.5 Å². The lowest BCUT2D eigenvalue weighted by molar-refractivity contribution is 0.208. The lowest BCUT2D eigenvalue weighted by Crippen LogP contribution is -2.31. The van der Waals surface area contributed by atoms with Crippen LogP contribution in [0.15, 0.2) is 41.1 Å². The van der Waals surface area contributed by atoms with Gasteiger partial charge in [0.2, 0.25) is 11.7 Å². The minimum Gasteiger partial charge on any atom is -0.338 e. The highest BCUT2D eigenvalue weighted by Crippen LogP contribution is 2.21. The number of hydrogen-bond acceptors (Lipinski definition) is 6. The van der Waals surface area contributed by atoms with Gasteiger partial charge in [0.05, 0.1) is 6.54 Å². The van der Waals surface area contributed by atoms with Crippen LogP contribution in [0.5, 0.6) is 0 Å². The monoisotopic (exact) mass is 335 g/mol. The molecule has 0 amide bonds. The fraction of sp³-hybridized carbons (Fsp3) is 0.368. The Labute approximate surface area is 146 Å². The van der Waals surface area contributed by atoms with Crippen LogP contribution in [0, 0.1) is 0 Å². The average molecular weight is 335 g/mol. The Morgan fingerprint density at radius 1 is 1.16 bits per heavy atom. The largest absolute Gasteiger partial charge is 0.338 e. The highest BCUT2D eigenvalue weighted by molar-refractivity contribution is 5.53. The molecule has 1 aliphatic rings. The van der Waals surface area contributed by atoms with E-state index >= 15 is 0 Å². The van der Waals surface area contributed by atoms with Gasteiger partial charge >= 0.3 is 0 Å². The van der Waals surface area contributed by atoms with Crippen LogP contribution in [0.4, 0.5) is 0 Å². The van der Waals surface area contributed by atoms with E-state index in [4.69, 9.17) is 9.51 Å². The first kappa shape index (κ1) is 15.9. The molecule has 1 aromatic carbocycles. The van der Waals surface area contributed by atoms with Crippen molar-refractivity contribution in [2.75, 3.05) is 6.54 Å². The standard InChI is InChI=1S/C19H21N5O/c1-13(2)18-20-10-15-11-24(9-8-16(15)21-18)12-17-22-19(23-25-17)14-6-4-3-5-7-14/h3-7,10,13H,8-9,11-12H2,1-2H3. The Hall–Kier alpha value is -2.60. The van der Waals surface area contributed by atoms with E-state index in [1.54, 1.807) is 0 Å². The van der Waals surface area contributed by atoms with E-state index in [1.165, 1.54) is 11.3 Å². The van der Waals surface area contributed by atoms with E-state index in [2.05, 4.69) is 33.9 Å². The van der Waals surface area contributed by atoms with Crippen LogP contribution in [0.25, 0.3) is 11.4 Å². The Bertz CT molecular complexity index is 859. The van der Waals surface area contributed by atoms with E-state index in [-0.39, 0.29) is 0 Å². The first-order chi connectivity index (χ1) is 12.2. The van der Waals surface area contributed by atoms with Crippen molar-refractivity contribution in [3.8, 4) is 11.4 Å².